The molecule has 0 heterocycles. The van der Waals surface area contributed by atoms with Crippen LogP contribution in [-0.4, -0.2) is 12.0 Å². The molecule has 2 aromatic rings. The standard InChI is InChI=1S/C19H20F3NO2/c1-3-17(25-16-9-4-6-13(2)10-16)18(24)23-12-14-7-5-8-15(11-14)19(20,21)22/h4-11,17H,3,12H2,1-2H3,(H,23,24). The zero-order chi connectivity index (χ0) is 18.4. The van der Waals surface area contributed by atoms with E-state index in [-0.39, 0.29) is 12.5 Å². The zero-order valence-corrected chi connectivity index (χ0v) is 14.1. The third kappa shape index (κ3) is 5.52. The van der Waals surface area contributed by atoms with E-state index in [9.17, 15) is 18.0 Å². The molecule has 1 amide bonds. The SMILES string of the molecule is CCC(Oc1cccc(C)c1)C(=O)NCc1cccc(C(F)(F)F)c1. The number of aryl methyl sites for hydroxylation is 1. The van der Waals surface area contributed by atoms with Crippen molar-refractivity contribution in [1.29, 1.82) is 0 Å². The van der Waals surface area contributed by atoms with Crippen LogP contribution < -0.4 is 10.1 Å². The quantitative estimate of drug-likeness (QED) is 0.833. The van der Waals surface area contributed by atoms with Gasteiger partial charge in [0.25, 0.3) is 5.91 Å². The molecule has 1 atom stereocenters. The van der Waals surface area contributed by atoms with Crippen molar-refractivity contribution in [3.05, 3.63) is 65.2 Å². The largest absolute Gasteiger partial charge is 0.481 e. The van der Waals surface area contributed by atoms with Crippen LogP contribution in [0.1, 0.15) is 30.0 Å². The number of alkyl halides is 3. The maximum absolute atomic E-state index is 12.7. The Hall–Kier alpha value is -2.50. The fourth-order valence-electron chi connectivity index (χ4n) is 2.34. The van der Waals surface area contributed by atoms with Crippen LogP contribution in [-0.2, 0) is 17.5 Å². The number of carbonyl (C=O) groups is 1. The fraction of sp³-hybridized carbons (Fsp3) is 0.316. The summed E-state index contributed by atoms with van der Waals surface area (Å²) in [5, 5.41) is 2.63. The number of rotatable bonds is 6. The second kappa shape index (κ2) is 8.05. The van der Waals surface area contributed by atoms with Gasteiger partial charge >= 0.3 is 6.18 Å². The zero-order valence-electron chi connectivity index (χ0n) is 14.1. The van der Waals surface area contributed by atoms with Gasteiger partial charge in [-0.3, -0.25) is 4.79 Å². The molecular weight excluding hydrogens is 331 g/mol. The Bertz CT molecular complexity index is 729. The van der Waals surface area contributed by atoms with E-state index in [1.54, 1.807) is 6.07 Å². The minimum Gasteiger partial charge on any atom is -0.481 e. The average molecular weight is 351 g/mol. The summed E-state index contributed by atoms with van der Waals surface area (Å²) in [6, 6.07) is 12.2. The van der Waals surface area contributed by atoms with E-state index in [1.807, 2.05) is 32.0 Å². The maximum Gasteiger partial charge on any atom is 0.416 e. The molecule has 0 aliphatic rings. The second-order valence-corrected chi connectivity index (χ2v) is 5.75. The second-order valence-electron chi connectivity index (χ2n) is 5.75. The highest BCUT2D eigenvalue weighted by molar-refractivity contribution is 5.81. The minimum atomic E-state index is -4.40. The Morgan fingerprint density at radius 1 is 1.16 bits per heavy atom. The first-order valence-electron chi connectivity index (χ1n) is 7.96. The number of benzene rings is 2. The molecule has 3 nitrogen and oxygen atoms in total. The predicted octanol–water partition coefficient (Wildman–Crippen LogP) is 4.49. The van der Waals surface area contributed by atoms with Gasteiger partial charge < -0.3 is 10.1 Å². The molecule has 0 saturated carbocycles. The van der Waals surface area contributed by atoms with Gasteiger partial charge in [0.2, 0.25) is 0 Å². The molecule has 0 aliphatic carbocycles. The van der Waals surface area contributed by atoms with Gasteiger partial charge in [-0.15, -0.1) is 0 Å². The summed E-state index contributed by atoms with van der Waals surface area (Å²) in [7, 11) is 0. The van der Waals surface area contributed by atoms with Crippen molar-refractivity contribution in [2.45, 2.75) is 39.1 Å². The highest BCUT2D eigenvalue weighted by Crippen LogP contribution is 2.29. The lowest BCUT2D eigenvalue weighted by Crippen LogP contribution is -2.37. The van der Waals surface area contributed by atoms with Crippen molar-refractivity contribution in [1.82, 2.24) is 5.32 Å². The van der Waals surface area contributed by atoms with Gasteiger partial charge in [-0.1, -0.05) is 31.2 Å². The smallest absolute Gasteiger partial charge is 0.416 e. The highest BCUT2D eigenvalue weighted by Gasteiger charge is 2.30. The van der Waals surface area contributed by atoms with Crippen LogP contribution in [0.2, 0.25) is 0 Å². The molecule has 0 aliphatic heterocycles. The van der Waals surface area contributed by atoms with Crippen LogP contribution in [0.5, 0.6) is 5.75 Å². The Morgan fingerprint density at radius 3 is 2.52 bits per heavy atom. The van der Waals surface area contributed by atoms with Gasteiger partial charge in [0.1, 0.15) is 5.75 Å². The Kier molecular flexibility index (Phi) is 6.07. The first kappa shape index (κ1) is 18.8. The van der Waals surface area contributed by atoms with Gasteiger partial charge in [0.05, 0.1) is 5.56 Å². The van der Waals surface area contributed by atoms with Crippen molar-refractivity contribution in [2.75, 3.05) is 0 Å². The molecule has 1 unspecified atom stereocenters. The third-order valence-corrected chi connectivity index (χ3v) is 3.65. The monoisotopic (exact) mass is 351 g/mol. The Labute approximate surface area is 144 Å². The van der Waals surface area contributed by atoms with Gasteiger partial charge in [0.15, 0.2) is 6.10 Å². The number of ether oxygens (including phenoxy) is 1. The van der Waals surface area contributed by atoms with Crippen molar-refractivity contribution >= 4 is 5.91 Å². The average Bonchev–Trinajstić information content (AvgIpc) is 2.57. The molecule has 6 heteroatoms. The molecule has 0 aromatic heterocycles. The van der Waals surface area contributed by atoms with E-state index in [2.05, 4.69) is 5.32 Å². The summed E-state index contributed by atoms with van der Waals surface area (Å²) in [6.45, 7) is 3.74. The number of carbonyl (C=O) groups excluding carboxylic acids is 1. The van der Waals surface area contributed by atoms with Gasteiger partial charge in [-0.05, 0) is 48.7 Å². The van der Waals surface area contributed by atoms with Crippen LogP contribution in [0, 0.1) is 6.92 Å². The van der Waals surface area contributed by atoms with Crippen molar-refractivity contribution < 1.29 is 22.7 Å². The molecule has 25 heavy (non-hydrogen) atoms. The Morgan fingerprint density at radius 2 is 1.88 bits per heavy atom. The lowest BCUT2D eigenvalue weighted by Gasteiger charge is -2.18. The molecule has 0 bridgehead atoms. The highest BCUT2D eigenvalue weighted by atomic mass is 19.4. The summed E-state index contributed by atoms with van der Waals surface area (Å²) in [5.74, 6) is 0.225. The molecule has 0 fully saturated rings. The van der Waals surface area contributed by atoms with Crippen LogP contribution in [0.4, 0.5) is 13.2 Å². The Balaban J connectivity index is 1.98. The van der Waals surface area contributed by atoms with Gasteiger partial charge in [0, 0.05) is 6.54 Å². The summed E-state index contributed by atoms with van der Waals surface area (Å²) in [4.78, 5) is 12.3. The first-order valence-corrected chi connectivity index (χ1v) is 7.96. The summed E-state index contributed by atoms with van der Waals surface area (Å²) >= 11 is 0. The van der Waals surface area contributed by atoms with Crippen LogP contribution in [0.3, 0.4) is 0 Å². The minimum absolute atomic E-state index is 0.0103. The molecule has 0 spiro atoms. The fourth-order valence-corrected chi connectivity index (χ4v) is 2.34. The van der Waals surface area contributed by atoms with E-state index < -0.39 is 17.8 Å². The van der Waals surface area contributed by atoms with E-state index in [1.165, 1.54) is 12.1 Å². The van der Waals surface area contributed by atoms with E-state index in [4.69, 9.17) is 4.74 Å². The van der Waals surface area contributed by atoms with E-state index in [0.717, 1.165) is 17.7 Å². The van der Waals surface area contributed by atoms with Crippen LogP contribution >= 0.6 is 0 Å². The normalized spacial score (nSPS) is 12.5. The van der Waals surface area contributed by atoms with E-state index >= 15 is 0 Å². The third-order valence-electron chi connectivity index (χ3n) is 3.65. The summed E-state index contributed by atoms with van der Waals surface area (Å²) in [5.41, 5.74) is 0.660. The number of nitrogens with one attached hydrogen (secondary N) is 1. The first-order chi connectivity index (χ1) is 11.8. The lowest BCUT2D eigenvalue weighted by atomic mass is 10.1. The van der Waals surface area contributed by atoms with E-state index in [0.29, 0.717) is 17.7 Å². The molecule has 2 rings (SSSR count). The lowest BCUT2D eigenvalue weighted by molar-refractivity contribution is -0.137. The molecular formula is C19H20F3NO2. The van der Waals surface area contributed by atoms with Crippen molar-refractivity contribution in [2.24, 2.45) is 0 Å². The molecule has 0 radical (unpaired) electrons. The molecule has 1 N–H and O–H groups in total. The number of hydrogen-bond acceptors (Lipinski definition) is 2. The molecule has 2 aromatic carbocycles. The van der Waals surface area contributed by atoms with Gasteiger partial charge in [-0.25, -0.2) is 0 Å². The van der Waals surface area contributed by atoms with Crippen molar-refractivity contribution in [3.63, 3.8) is 0 Å². The summed E-state index contributed by atoms with van der Waals surface area (Å²) < 4.78 is 43.8. The van der Waals surface area contributed by atoms with Crippen LogP contribution in [0.15, 0.2) is 48.5 Å². The number of amides is 1. The molecule has 134 valence electrons. The van der Waals surface area contributed by atoms with Crippen molar-refractivity contribution in [3.8, 4) is 5.75 Å². The van der Waals surface area contributed by atoms with Gasteiger partial charge in [-0.2, -0.15) is 13.2 Å². The summed E-state index contributed by atoms with van der Waals surface area (Å²) in [6.07, 6.45) is -4.66. The molecule has 0 saturated heterocycles. The maximum atomic E-state index is 12.7. The number of halogens is 3. The number of hydrogen-bond donors (Lipinski definition) is 1. The topological polar surface area (TPSA) is 38.3 Å². The predicted molar refractivity (Wildman–Crippen MR) is 89.2 cm³/mol. The van der Waals surface area contributed by atoms with Crippen LogP contribution in [0.25, 0.3) is 0 Å².